The van der Waals surface area contributed by atoms with Gasteiger partial charge in [-0.05, 0) is 41.8 Å². The molecule has 112 valence electrons. The molecule has 2 aromatic carbocycles. The first-order valence-corrected chi connectivity index (χ1v) is 7.01. The van der Waals surface area contributed by atoms with Gasteiger partial charge in [-0.15, -0.1) is 0 Å². The van der Waals surface area contributed by atoms with Crippen molar-refractivity contribution in [3.05, 3.63) is 69.2 Å². The molecule has 0 aromatic heterocycles. The number of aryl methyl sites for hydroxylation is 1. The van der Waals surface area contributed by atoms with Gasteiger partial charge in [-0.1, -0.05) is 40.2 Å². The van der Waals surface area contributed by atoms with Gasteiger partial charge in [-0.3, -0.25) is 5.84 Å². The average molecular weight is 359 g/mol. The molecule has 1 unspecified atom stereocenters. The fourth-order valence-corrected chi connectivity index (χ4v) is 2.82. The Morgan fingerprint density at radius 3 is 2.19 bits per heavy atom. The van der Waals surface area contributed by atoms with E-state index in [0.717, 1.165) is 27.7 Å². The number of hydrogen-bond acceptors (Lipinski definition) is 2. The molecule has 0 radical (unpaired) electrons. The zero-order chi connectivity index (χ0) is 15.6. The van der Waals surface area contributed by atoms with Crippen molar-refractivity contribution in [2.24, 2.45) is 5.84 Å². The highest BCUT2D eigenvalue weighted by Gasteiger charge is 2.30. The molecule has 0 aliphatic heterocycles. The number of alkyl halides is 3. The van der Waals surface area contributed by atoms with Crippen LogP contribution in [0.3, 0.4) is 0 Å². The zero-order valence-corrected chi connectivity index (χ0v) is 12.8. The van der Waals surface area contributed by atoms with E-state index in [0.29, 0.717) is 5.56 Å². The lowest BCUT2D eigenvalue weighted by Crippen LogP contribution is -2.29. The second kappa shape index (κ2) is 6.17. The van der Waals surface area contributed by atoms with E-state index in [1.165, 1.54) is 12.1 Å². The summed E-state index contributed by atoms with van der Waals surface area (Å²) < 4.78 is 38.6. The summed E-state index contributed by atoms with van der Waals surface area (Å²) in [5.41, 5.74) is 4.57. The van der Waals surface area contributed by atoms with Gasteiger partial charge in [0.25, 0.3) is 0 Å². The fraction of sp³-hybridized carbons (Fsp3) is 0.200. The molecule has 21 heavy (non-hydrogen) atoms. The topological polar surface area (TPSA) is 38.0 Å². The summed E-state index contributed by atoms with van der Waals surface area (Å²) in [5.74, 6) is 5.57. The van der Waals surface area contributed by atoms with Crippen molar-refractivity contribution in [2.45, 2.75) is 19.1 Å². The van der Waals surface area contributed by atoms with Crippen LogP contribution in [0.4, 0.5) is 13.2 Å². The standard InChI is InChI=1S/C15H14BrF3N2/c1-9-2-7-12(13(16)8-9)14(21-20)10-3-5-11(6-4-10)15(17,18)19/h2-8,14,21H,20H2,1H3. The van der Waals surface area contributed by atoms with Crippen LogP contribution in [0.25, 0.3) is 0 Å². The molecular weight excluding hydrogens is 345 g/mol. The normalized spacial score (nSPS) is 13.2. The molecule has 0 bridgehead atoms. The van der Waals surface area contributed by atoms with Crippen LogP contribution in [0, 0.1) is 6.92 Å². The summed E-state index contributed by atoms with van der Waals surface area (Å²) in [6.07, 6.45) is -4.34. The Kier molecular flexibility index (Phi) is 4.70. The molecule has 6 heteroatoms. The minimum Gasteiger partial charge on any atom is -0.271 e. The minimum atomic E-state index is -4.34. The van der Waals surface area contributed by atoms with E-state index in [-0.39, 0.29) is 6.04 Å². The van der Waals surface area contributed by atoms with Crippen molar-refractivity contribution in [1.82, 2.24) is 5.43 Å². The van der Waals surface area contributed by atoms with Gasteiger partial charge < -0.3 is 0 Å². The first-order valence-electron chi connectivity index (χ1n) is 6.22. The monoisotopic (exact) mass is 358 g/mol. The largest absolute Gasteiger partial charge is 0.416 e. The van der Waals surface area contributed by atoms with Gasteiger partial charge in [0.05, 0.1) is 11.6 Å². The van der Waals surface area contributed by atoms with E-state index >= 15 is 0 Å². The Morgan fingerprint density at radius 2 is 1.71 bits per heavy atom. The highest BCUT2D eigenvalue weighted by atomic mass is 79.9. The number of benzene rings is 2. The van der Waals surface area contributed by atoms with E-state index in [2.05, 4.69) is 21.4 Å². The molecule has 3 N–H and O–H groups in total. The number of nitrogens with one attached hydrogen (secondary N) is 1. The summed E-state index contributed by atoms with van der Waals surface area (Å²) in [5, 5.41) is 0. The number of hydrogen-bond donors (Lipinski definition) is 2. The van der Waals surface area contributed by atoms with Crippen molar-refractivity contribution in [2.75, 3.05) is 0 Å². The summed E-state index contributed by atoms with van der Waals surface area (Å²) >= 11 is 3.46. The van der Waals surface area contributed by atoms with Crippen LogP contribution < -0.4 is 11.3 Å². The molecule has 2 nitrogen and oxygen atoms in total. The van der Waals surface area contributed by atoms with Crippen molar-refractivity contribution < 1.29 is 13.2 Å². The number of halogens is 4. The van der Waals surface area contributed by atoms with E-state index < -0.39 is 11.7 Å². The molecule has 0 aliphatic carbocycles. The van der Waals surface area contributed by atoms with Gasteiger partial charge >= 0.3 is 6.18 Å². The zero-order valence-electron chi connectivity index (χ0n) is 11.2. The third-order valence-electron chi connectivity index (χ3n) is 3.20. The van der Waals surface area contributed by atoms with Gasteiger partial charge in [0.1, 0.15) is 0 Å². The molecule has 0 fully saturated rings. The summed E-state index contributed by atoms with van der Waals surface area (Å²) in [4.78, 5) is 0. The third-order valence-corrected chi connectivity index (χ3v) is 3.89. The van der Waals surface area contributed by atoms with Gasteiger partial charge in [0.15, 0.2) is 0 Å². The quantitative estimate of drug-likeness (QED) is 0.633. The molecule has 2 rings (SSSR count). The van der Waals surface area contributed by atoms with Crippen molar-refractivity contribution >= 4 is 15.9 Å². The Labute approximate surface area is 129 Å². The van der Waals surface area contributed by atoms with Crippen LogP contribution >= 0.6 is 15.9 Å². The first kappa shape index (κ1) is 16.0. The molecule has 0 saturated carbocycles. The summed E-state index contributed by atoms with van der Waals surface area (Å²) in [7, 11) is 0. The number of nitrogens with two attached hydrogens (primary N) is 1. The molecule has 0 spiro atoms. The van der Waals surface area contributed by atoms with Crippen LogP contribution in [0.15, 0.2) is 46.9 Å². The van der Waals surface area contributed by atoms with E-state index in [4.69, 9.17) is 5.84 Å². The van der Waals surface area contributed by atoms with Gasteiger partial charge in [0.2, 0.25) is 0 Å². The second-order valence-corrected chi connectivity index (χ2v) is 5.60. The van der Waals surface area contributed by atoms with Crippen LogP contribution in [-0.2, 0) is 6.18 Å². The molecular formula is C15H14BrF3N2. The lowest BCUT2D eigenvalue weighted by atomic mass is 9.97. The van der Waals surface area contributed by atoms with Gasteiger partial charge in [-0.25, -0.2) is 5.43 Å². The number of rotatable bonds is 3. The van der Waals surface area contributed by atoms with E-state index in [1.807, 2.05) is 25.1 Å². The van der Waals surface area contributed by atoms with Gasteiger partial charge in [-0.2, -0.15) is 13.2 Å². The molecule has 1 atom stereocenters. The second-order valence-electron chi connectivity index (χ2n) is 4.74. The van der Waals surface area contributed by atoms with E-state index in [1.54, 1.807) is 0 Å². The fourth-order valence-electron chi connectivity index (χ4n) is 2.10. The average Bonchev–Trinajstić information content (AvgIpc) is 2.41. The van der Waals surface area contributed by atoms with E-state index in [9.17, 15) is 13.2 Å². The predicted octanol–water partition coefficient (Wildman–Crippen LogP) is 4.33. The van der Waals surface area contributed by atoms with Crippen molar-refractivity contribution in [3.8, 4) is 0 Å². The SMILES string of the molecule is Cc1ccc(C(NN)c2ccc(C(F)(F)F)cc2)c(Br)c1. The highest BCUT2D eigenvalue weighted by molar-refractivity contribution is 9.10. The van der Waals surface area contributed by atoms with Crippen LogP contribution in [0.5, 0.6) is 0 Å². The summed E-state index contributed by atoms with van der Waals surface area (Å²) in [6.45, 7) is 1.96. The van der Waals surface area contributed by atoms with Crippen LogP contribution in [-0.4, -0.2) is 0 Å². The molecule has 0 saturated heterocycles. The Bertz CT molecular complexity index is 624. The molecule has 2 aromatic rings. The van der Waals surface area contributed by atoms with Crippen molar-refractivity contribution in [3.63, 3.8) is 0 Å². The lowest BCUT2D eigenvalue weighted by Gasteiger charge is -2.19. The Morgan fingerprint density at radius 1 is 1.10 bits per heavy atom. The molecule has 0 heterocycles. The maximum atomic E-state index is 12.6. The minimum absolute atomic E-state index is 0.387. The third kappa shape index (κ3) is 3.64. The smallest absolute Gasteiger partial charge is 0.271 e. The molecule has 0 amide bonds. The first-order chi connectivity index (χ1) is 9.82. The maximum absolute atomic E-state index is 12.6. The molecule has 0 aliphatic rings. The summed E-state index contributed by atoms with van der Waals surface area (Å²) in [6, 6.07) is 10.3. The van der Waals surface area contributed by atoms with Crippen LogP contribution in [0.1, 0.15) is 28.3 Å². The highest BCUT2D eigenvalue weighted by Crippen LogP contribution is 2.32. The van der Waals surface area contributed by atoms with Crippen LogP contribution in [0.2, 0.25) is 0 Å². The Hall–Kier alpha value is -1.37. The van der Waals surface area contributed by atoms with Gasteiger partial charge in [0, 0.05) is 4.47 Å². The maximum Gasteiger partial charge on any atom is 0.416 e. The Balaban J connectivity index is 2.37. The predicted molar refractivity (Wildman–Crippen MR) is 79.5 cm³/mol. The number of hydrazine groups is 1. The van der Waals surface area contributed by atoms with Crippen molar-refractivity contribution in [1.29, 1.82) is 0 Å². The lowest BCUT2D eigenvalue weighted by molar-refractivity contribution is -0.137.